The molecule has 6 heteroatoms. The summed E-state index contributed by atoms with van der Waals surface area (Å²) in [5.74, 6) is -0.857. The van der Waals surface area contributed by atoms with Gasteiger partial charge in [0.25, 0.3) is 0 Å². The lowest BCUT2D eigenvalue weighted by atomic mass is 10.0. The van der Waals surface area contributed by atoms with E-state index in [9.17, 15) is 14.4 Å². The van der Waals surface area contributed by atoms with E-state index < -0.39 is 6.10 Å². The molecule has 0 aromatic carbocycles. The zero-order valence-corrected chi connectivity index (χ0v) is 52.7. The van der Waals surface area contributed by atoms with Crippen LogP contribution in [0.3, 0.4) is 0 Å². The van der Waals surface area contributed by atoms with Crippen LogP contribution in [0.4, 0.5) is 0 Å². The quantitative estimate of drug-likeness (QED) is 0.0261. The second kappa shape index (κ2) is 67.1. The average Bonchev–Trinajstić information content (AvgIpc) is 3.44. The van der Waals surface area contributed by atoms with Gasteiger partial charge < -0.3 is 14.2 Å². The Kier molecular flexibility index (Phi) is 65.1. The second-order valence-corrected chi connectivity index (χ2v) is 23.8. The molecule has 0 spiro atoms. The van der Waals surface area contributed by atoms with Gasteiger partial charge in [0.1, 0.15) is 13.2 Å². The highest BCUT2D eigenvalue weighted by molar-refractivity contribution is 5.71. The minimum atomic E-state index is -0.772. The van der Waals surface area contributed by atoms with Gasteiger partial charge in [-0.05, 0) is 57.8 Å². The Morgan fingerprint density at radius 1 is 0.256 bits per heavy atom. The molecule has 0 aromatic heterocycles. The summed E-state index contributed by atoms with van der Waals surface area (Å²) in [6.45, 7) is 6.66. The summed E-state index contributed by atoms with van der Waals surface area (Å²) in [6, 6.07) is 0. The number of carbonyl (C=O) groups is 3. The molecule has 0 aliphatic rings. The van der Waals surface area contributed by atoms with Crippen molar-refractivity contribution in [3.05, 3.63) is 36.5 Å². The molecule has 0 rings (SSSR count). The van der Waals surface area contributed by atoms with Crippen LogP contribution in [0.5, 0.6) is 0 Å². The monoisotopic (exact) mass is 1100 g/mol. The summed E-state index contributed by atoms with van der Waals surface area (Å²) in [7, 11) is 0. The lowest BCUT2D eigenvalue weighted by Gasteiger charge is -2.18. The molecule has 78 heavy (non-hydrogen) atoms. The van der Waals surface area contributed by atoms with Crippen molar-refractivity contribution >= 4 is 17.9 Å². The SMILES string of the molecule is CCCCCCC/C=C\C/C=C\C/C=C\CCCCCCCCCCC(=O)OC(COC(=O)CCCCCCCCCC)COC(=O)CCCCCCCCCCCCCCCCCCCCCCCCCCCCCCC. The van der Waals surface area contributed by atoms with E-state index in [1.165, 1.54) is 270 Å². The van der Waals surface area contributed by atoms with Crippen molar-refractivity contribution < 1.29 is 28.6 Å². The molecule has 0 bridgehead atoms. The van der Waals surface area contributed by atoms with E-state index in [2.05, 4.69) is 57.2 Å². The Bertz CT molecular complexity index is 1300. The Labute approximate surface area is 486 Å². The van der Waals surface area contributed by atoms with Gasteiger partial charge in [0, 0.05) is 19.3 Å². The molecule has 0 saturated carbocycles. The van der Waals surface area contributed by atoms with E-state index in [4.69, 9.17) is 14.2 Å². The topological polar surface area (TPSA) is 78.9 Å². The number of hydrogen-bond donors (Lipinski definition) is 0. The smallest absolute Gasteiger partial charge is 0.306 e. The van der Waals surface area contributed by atoms with Crippen molar-refractivity contribution in [2.45, 2.75) is 393 Å². The van der Waals surface area contributed by atoms with Crippen LogP contribution in [0.2, 0.25) is 0 Å². The summed E-state index contributed by atoms with van der Waals surface area (Å²) in [6.07, 6.45) is 83.4. The first-order valence-electron chi connectivity index (χ1n) is 35.0. The Balaban J connectivity index is 4.07. The summed E-state index contributed by atoms with van der Waals surface area (Å²) >= 11 is 0. The summed E-state index contributed by atoms with van der Waals surface area (Å²) in [4.78, 5) is 38.2. The third kappa shape index (κ3) is 64.5. The number of rotatable bonds is 65. The van der Waals surface area contributed by atoms with E-state index in [0.29, 0.717) is 19.3 Å². The lowest BCUT2D eigenvalue weighted by molar-refractivity contribution is -0.167. The fraction of sp³-hybridized carbons (Fsp3) is 0.875. The third-order valence-corrected chi connectivity index (χ3v) is 15.9. The Morgan fingerprint density at radius 2 is 0.462 bits per heavy atom. The van der Waals surface area contributed by atoms with Crippen LogP contribution in [0, 0.1) is 0 Å². The molecule has 1 unspecified atom stereocenters. The van der Waals surface area contributed by atoms with Gasteiger partial charge in [-0.3, -0.25) is 14.4 Å². The van der Waals surface area contributed by atoms with Crippen LogP contribution in [-0.2, 0) is 28.6 Å². The normalized spacial score (nSPS) is 12.2. The van der Waals surface area contributed by atoms with Crippen molar-refractivity contribution in [1.82, 2.24) is 0 Å². The van der Waals surface area contributed by atoms with Gasteiger partial charge in [-0.25, -0.2) is 0 Å². The number of allylic oxidation sites excluding steroid dienone is 6. The standard InChI is InChI=1S/C72H134O6/c1-4-7-10-13-16-19-21-23-25-27-29-31-33-34-35-36-37-38-40-41-43-45-47-49-51-53-56-59-62-65-71(74)77-68-69(67-76-70(73)64-61-58-55-18-15-12-9-6-3)78-72(75)66-63-60-57-54-52-50-48-46-44-42-39-32-30-28-26-24-22-20-17-14-11-8-5-2/h22,24,28,30,39,42,69H,4-21,23,25-27,29,31-38,40-41,43-68H2,1-3H3/b24-22-,30-28-,42-39-. The van der Waals surface area contributed by atoms with Crippen LogP contribution in [0.25, 0.3) is 0 Å². The van der Waals surface area contributed by atoms with Gasteiger partial charge in [0.15, 0.2) is 6.10 Å². The zero-order chi connectivity index (χ0) is 56.4. The van der Waals surface area contributed by atoms with Gasteiger partial charge in [-0.1, -0.05) is 346 Å². The first-order valence-corrected chi connectivity index (χ1v) is 35.0. The van der Waals surface area contributed by atoms with Gasteiger partial charge in [-0.2, -0.15) is 0 Å². The van der Waals surface area contributed by atoms with Crippen molar-refractivity contribution in [3.63, 3.8) is 0 Å². The van der Waals surface area contributed by atoms with Crippen LogP contribution in [0.15, 0.2) is 36.5 Å². The maximum absolute atomic E-state index is 12.9. The van der Waals surface area contributed by atoms with Crippen LogP contribution in [0.1, 0.15) is 387 Å². The lowest BCUT2D eigenvalue weighted by Crippen LogP contribution is -2.30. The van der Waals surface area contributed by atoms with E-state index in [0.717, 1.165) is 77.0 Å². The first kappa shape index (κ1) is 75.6. The summed E-state index contributed by atoms with van der Waals surface area (Å²) < 4.78 is 16.9. The molecule has 0 aliphatic carbocycles. The summed E-state index contributed by atoms with van der Waals surface area (Å²) in [5.41, 5.74) is 0. The molecule has 1 atom stereocenters. The summed E-state index contributed by atoms with van der Waals surface area (Å²) in [5, 5.41) is 0. The largest absolute Gasteiger partial charge is 0.462 e. The molecule has 0 aliphatic heterocycles. The average molecular weight is 1100 g/mol. The minimum Gasteiger partial charge on any atom is -0.462 e. The molecule has 0 radical (unpaired) electrons. The maximum atomic E-state index is 12.9. The van der Waals surface area contributed by atoms with Crippen molar-refractivity contribution in [2.75, 3.05) is 13.2 Å². The van der Waals surface area contributed by atoms with Crippen LogP contribution < -0.4 is 0 Å². The fourth-order valence-electron chi connectivity index (χ4n) is 10.6. The molecule has 0 N–H and O–H groups in total. The highest BCUT2D eigenvalue weighted by Crippen LogP contribution is 2.19. The van der Waals surface area contributed by atoms with Crippen molar-refractivity contribution in [2.24, 2.45) is 0 Å². The molecule has 458 valence electrons. The second-order valence-electron chi connectivity index (χ2n) is 23.8. The molecule has 0 heterocycles. The molecule has 0 saturated heterocycles. The number of ether oxygens (including phenoxy) is 3. The number of hydrogen-bond acceptors (Lipinski definition) is 6. The van der Waals surface area contributed by atoms with Crippen LogP contribution in [-0.4, -0.2) is 37.2 Å². The number of esters is 3. The van der Waals surface area contributed by atoms with E-state index in [-0.39, 0.29) is 31.1 Å². The van der Waals surface area contributed by atoms with Crippen molar-refractivity contribution in [3.8, 4) is 0 Å². The maximum Gasteiger partial charge on any atom is 0.306 e. The molecule has 0 amide bonds. The van der Waals surface area contributed by atoms with Crippen LogP contribution >= 0.6 is 0 Å². The van der Waals surface area contributed by atoms with Gasteiger partial charge >= 0.3 is 17.9 Å². The van der Waals surface area contributed by atoms with E-state index in [1.54, 1.807) is 0 Å². The van der Waals surface area contributed by atoms with Crippen molar-refractivity contribution in [1.29, 1.82) is 0 Å². The third-order valence-electron chi connectivity index (χ3n) is 15.9. The molecule has 0 aromatic rings. The number of unbranched alkanes of at least 4 members (excludes halogenated alkanes) is 48. The first-order chi connectivity index (χ1) is 38.5. The Hall–Kier alpha value is -2.37. The Morgan fingerprint density at radius 3 is 0.718 bits per heavy atom. The minimum absolute atomic E-state index is 0.0702. The van der Waals surface area contributed by atoms with E-state index in [1.807, 2.05) is 0 Å². The molecule has 0 fully saturated rings. The number of carbonyl (C=O) groups excluding carboxylic acids is 3. The molecule has 6 nitrogen and oxygen atoms in total. The van der Waals surface area contributed by atoms with Gasteiger partial charge in [0.2, 0.25) is 0 Å². The zero-order valence-electron chi connectivity index (χ0n) is 52.7. The van der Waals surface area contributed by atoms with Gasteiger partial charge in [-0.15, -0.1) is 0 Å². The predicted octanol–water partition coefficient (Wildman–Crippen LogP) is 23.9. The predicted molar refractivity (Wildman–Crippen MR) is 339 cm³/mol. The van der Waals surface area contributed by atoms with E-state index >= 15 is 0 Å². The molecular formula is C72H134O6. The van der Waals surface area contributed by atoms with Gasteiger partial charge in [0.05, 0.1) is 0 Å². The molecular weight excluding hydrogens is 961 g/mol. The fourth-order valence-corrected chi connectivity index (χ4v) is 10.6. The highest BCUT2D eigenvalue weighted by Gasteiger charge is 2.19. The highest BCUT2D eigenvalue weighted by atomic mass is 16.6.